The second-order valence-corrected chi connectivity index (χ2v) is 7.48. The zero-order valence-electron chi connectivity index (χ0n) is 17.6. The Bertz CT molecular complexity index is 1450. The van der Waals surface area contributed by atoms with Crippen LogP contribution in [0, 0.1) is 36.0 Å². The molecule has 0 saturated carbocycles. The minimum atomic E-state index is -4.01. The van der Waals surface area contributed by atoms with Gasteiger partial charge in [-0.05, 0) is 48.7 Å². The maximum atomic E-state index is 14.5. The van der Waals surface area contributed by atoms with E-state index < -0.39 is 69.2 Å². The average Bonchev–Trinajstić information content (AvgIpc) is 2.79. The highest BCUT2D eigenvalue weighted by molar-refractivity contribution is 5.92. The van der Waals surface area contributed by atoms with Crippen LogP contribution in [0.4, 0.5) is 30.7 Å². The van der Waals surface area contributed by atoms with Gasteiger partial charge in [0.15, 0.2) is 23.2 Å². The Morgan fingerprint density at radius 2 is 1.46 bits per heavy atom. The van der Waals surface area contributed by atoms with E-state index in [1.54, 1.807) is 6.92 Å². The molecule has 0 radical (unpaired) electrons. The number of carbonyl (C=O) groups excluding carboxylic acids is 1. The van der Waals surface area contributed by atoms with E-state index in [1.807, 2.05) is 0 Å². The number of alkyl halides is 2. The van der Waals surface area contributed by atoms with Crippen molar-refractivity contribution in [1.29, 1.82) is 0 Å². The molecule has 35 heavy (non-hydrogen) atoms. The summed E-state index contributed by atoms with van der Waals surface area (Å²) in [5, 5.41) is -0.863. The van der Waals surface area contributed by atoms with E-state index >= 15 is 0 Å². The number of hydrogen-bond acceptors (Lipinski definition) is 3. The molecule has 0 unspecified atom stereocenters. The molecule has 0 aliphatic rings. The minimum Gasteiger partial charge on any atom is -0.426 e. The van der Waals surface area contributed by atoms with Gasteiger partial charge in [-0.25, -0.2) is 22.4 Å². The van der Waals surface area contributed by atoms with Gasteiger partial charge in [0.05, 0.1) is 16.5 Å². The number of hydrogen-bond donors (Lipinski definition) is 0. The van der Waals surface area contributed by atoms with Gasteiger partial charge >= 0.3 is 12.1 Å². The molecule has 0 saturated heterocycles. The van der Waals surface area contributed by atoms with Gasteiger partial charge in [-0.2, -0.15) is 13.2 Å². The first-order valence-corrected chi connectivity index (χ1v) is 9.89. The summed E-state index contributed by atoms with van der Waals surface area (Å²) in [6.45, 7) is 1.67. The van der Waals surface area contributed by atoms with Gasteiger partial charge in [0.25, 0.3) is 0 Å². The fourth-order valence-electron chi connectivity index (χ4n) is 3.25. The molecule has 0 aromatic heterocycles. The van der Waals surface area contributed by atoms with E-state index in [0.29, 0.717) is 23.8 Å². The lowest BCUT2D eigenvalue weighted by Gasteiger charge is -2.19. The van der Waals surface area contributed by atoms with E-state index in [9.17, 15) is 35.5 Å². The van der Waals surface area contributed by atoms with Gasteiger partial charge in [-0.3, -0.25) is 0 Å². The van der Waals surface area contributed by atoms with Gasteiger partial charge in [0.2, 0.25) is 5.82 Å². The predicted octanol–water partition coefficient (Wildman–Crippen LogP) is 7.19. The Morgan fingerprint density at radius 3 is 2.14 bits per heavy atom. The number of carbonyl (C=O) groups is 1. The SMILES string of the molecule is Cc1ccc(C(F)(F)Oc2ccc(C(=O)Oc3cc(F)c4c(F)c(F)ccc4c3)c(F)c2F)cc1. The van der Waals surface area contributed by atoms with Crippen molar-refractivity contribution in [3.63, 3.8) is 0 Å². The van der Waals surface area contributed by atoms with Crippen LogP contribution in [0.5, 0.6) is 11.5 Å². The summed E-state index contributed by atoms with van der Waals surface area (Å²) in [6, 6.07) is 9.40. The monoisotopic (exact) mass is 494 g/mol. The molecule has 0 aliphatic carbocycles. The second-order valence-electron chi connectivity index (χ2n) is 7.48. The predicted molar refractivity (Wildman–Crippen MR) is 111 cm³/mol. The number of ether oxygens (including phenoxy) is 2. The number of halogens is 7. The maximum Gasteiger partial charge on any atom is 0.426 e. The lowest BCUT2D eigenvalue weighted by atomic mass is 10.1. The maximum absolute atomic E-state index is 14.5. The molecule has 0 amide bonds. The average molecular weight is 494 g/mol. The van der Waals surface area contributed by atoms with E-state index in [-0.39, 0.29) is 5.39 Å². The number of rotatable bonds is 5. The highest BCUT2D eigenvalue weighted by Crippen LogP contribution is 2.35. The second kappa shape index (κ2) is 8.94. The fraction of sp³-hybridized carbons (Fsp3) is 0.0800. The number of aryl methyl sites for hydroxylation is 1. The van der Waals surface area contributed by atoms with Crippen LogP contribution in [0.15, 0.2) is 60.7 Å². The molecule has 0 spiro atoms. The Kier molecular flexibility index (Phi) is 6.14. The molecule has 4 rings (SSSR count). The van der Waals surface area contributed by atoms with Crippen molar-refractivity contribution in [3.05, 3.63) is 106 Å². The van der Waals surface area contributed by atoms with E-state index in [4.69, 9.17) is 4.74 Å². The van der Waals surface area contributed by atoms with Crippen LogP contribution in [0.2, 0.25) is 0 Å². The van der Waals surface area contributed by atoms with Crippen LogP contribution in [0.25, 0.3) is 10.8 Å². The third-order valence-corrected chi connectivity index (χ3v) is 5.04. The van der Waals surface area contributed by atoms with Crippen molar-refractivity contribution in [2.45, 2.75) is 13.0 Å². The number of fused-ring (bicyclic) bond motifs is 1. The molecule has 0 heterocycles. The lowest BCUT2D eigenvalue weighted by molar-refractivity contribution is -0.187. The van der Waals surface area contributed by atoms with Crippen LogP contribution in [-0.2, 0) is 6.11 Å². The smallest absolute Gasteiger partial charge is 0.426 e. The third-order valence-electron chi connectivity index (χ3n) is 5.04. The summed E-state index contributed by atoms with van der Waals surface area (Å²) in [7, 11) is 0. The lowest BCUT2D eigenvalue weighted by Crippen LogP contribution is -2.23. The molecule has 180 valence electrons. The summed E-state index contributed by atoms with van der Waals surface area (Å²) in [5.74, 6) is -10.9. The van der Waals surface area contributed by atoms with Crippen molar-refractivity contribution >= 4 is 16.7 Å². The first-order chi connectivity index (χ1) is 16.5. The van der Waals surface area contributed by atoms with Gasteiger partial charge in [0.1, 0.15) is 11.6 Å². The Balaban J connectivity index is 1.59. The third kappa shape index (κ3) is 4.64. The van der Waals surface area contributed by atoms with E-state index in [0.717, 1.165) is 30.3 Å². The van der Waals surface area contributed by atoms with Crippen LogP contribution in [0.3, 0.4) is 0 Å². The molecule has 10 heteroatoms. The molecular weight excluding hydrogens is 481 g/mol. The van der Waals surface area contributed by atoms with Gasteiger partial charge in [-0.15, -0.1) is 0 Å². The highest BCUT2D eigenvalue weighted by atomic mass is 19.3. The molecule has 0 bridgehead atoms. The fourth-order valence-corrected chi connectivity index (χ4v) is 3.25. The molecule has 4 aromatic rings. The van der Waals surface area contributed by atoms with Crippen molar-refractivity contribution < 1.29 is 45.0 Å². The highest BCUT2D eigenvalue weighted by Gasteiger charge is 2.36. The molecule has 4 aromatic carbocycles. The summed E-state index contributed by atoms with van der Waals surface area (Å²) in [4.78, 5) is 12.3. The quantitative estimate of drug-likeness (QED) is 0.167. The minimum absolute atomic E-state index is 0.166. The van der Waals surface area contributed by atoms with Crippen molar-refractivity contribution in [3.8, 4) is 11.5 Å². The molecule has 0 N–H and O–H groups in total. The van der Waals surface area contributed by atoms with Gasteiger partial charge < -0.3 is 9.47 Å². The standard InChI is InChI=1S/C25H13F7O3/c1-12-2-5-14(6-3-12)25(31,32)35-19-9-7-16(21(28)23(19)30)24(33)34-15-10-13-4-8-17(26)22(29)20(13)18(27)11-15/h2-11H,1H3. The van der Waals surface area contributed by atoms with E-state index in [1.165, 1.54) is 12.1 Å². The first-order valence-electron chi connectivity index (χ1n) is 9.89. The summed E-state index contributed by atoms with van der Waals surface area (Å²) in [6.07, 6.45) is -4.01. The van der Waals surface area contributed by atoms with Gasteiger partial charge in [-0.1, -0.05) is 23.8 Å². The number of esters is 1. The Labute approximate surface area is 193 Å². The first kappa shape index (κ1) is 24.1. The van der Waals surface area contributed by atoms with Crippen LogP contribution < -0.4 is 9.47 Å². The molecular formula is C25H13F7O3. The van der Waals surface area contributed by atoms with Crippen LogP contribution in [-0.4, -0.2) is 5.97 Å². The van der Waals surface area contributed by atoms with Crippen molar-refractivity contribution in [2.75, 3.05) is 0 Å². The van der Waals surface area contributed by atoms with Gasteiger partial charge in [0, 0.05) is 6.07 Å². The Morgan fingerprint density at radius 1 is 0.771 bits per heavy atom. The molecule has 0 atom stereocenters. The van der Waals surface area contributed by atoms with Crippen molar-refractivity contribution in [1.82, 2.24) is 0 Å². The van der Waals surface area contributed by atoms with Crippen LogP contribution in [0.1, 0.15) is 21.5 Å². The summed E-state index contributed by atoms with van der Waals surface area (Å²) >= 11 is 0. The largest absolute Gasteiger partial charge is 0.426 e. The Hall–Kier alpha value is -4.08. The summed E-state index contributed by atoms with van der Waals surface area (Å²) in [5.41, 5.74) is -0.923. The molecule has 0 fully saturated rings. The summed E-state index contributed by atoms with van der Waals surface area (Å²) < 4.78 is 108. The molecule has 3 nitrogen and oxygen atoms in total. The van der Waals surface area contributed by atoms with E-state index in [2.05, 4.69) is 4.74 Å². The van der Waals surface area contributed by atoms with Crippen LogP contribution >= 0.6 is 0 Å². The van der Waals surface area contributed by atoms with Crippen molar-refractivity contribution in [2.24, 2.45) is 0 Å². The topological polar surface area (TPSA) is 35.5 Å². The normalized spacial score (nSPS) is 11.5. The zero-order chi connectivity index (χ0) is 25.5. The zero-order valence-corrected chi connectivity index (χ0v) is 17.6. The number of benzene rings is 4. The molecule has 0 aliphatic heterocycles.